The first-order chi connectivity index (χ1) is 11.9. The summed E-state index contributed by atoms with van der Waals surface area (Å²) in [6, 6.07) is 13.7. The SMILES string of the molecule is Cc1cc(C)c2nc(C)cc(C(=O)NCCc3ccc(Cl)cc3)c2c1. The van der Waals surface area contributed by atoms with E-state index in [0.29, 0.717) is 12.1 Å². The fourth-order valence-corrected chi connectivity index (χ4v) is 3.19. The van der Waals surface area contributed by atoms with Crippen molar-refractivity contribution < 1.29 is 4.79 Å². The molecule has 128 valence electrons. The quantitative estimate of drug-likeness (QED) is 0.733. The van der Waals surface area contributed by atoms with Crippen LogP contribution in [0.15, 0.2) is 42.5 Å². The maximum absolute atomic E-state index is 12.7. The van der Waals surface area contributed by atoms with Crippen molar-refractivity contribution in [3.05, 3.63) is 75.4 Å². The molecule has 1 N–H and O–H groups in total. The topological polar surface area (TPSA) is 42.0 Å². The van der Waals surface area contributed by atoms with Crippen molar-refractivity contribution in [3.8, 4) is 0 Å². The van der Waals surface area contributed by atoms with E-state index < -0.39 is 0 Å². The van der Waals surface area contributed by atoms with Gasteiger partial charge in [-0.05, 0) is 62.6 Å². The fraction of sp³-hybridized carbons (Fsp3) is 0.238. The van der Waals surface area contributed by atoms with Crippen LogP contribution in [-0.4, -0.2) is 17.4 Å². The molecule has 0 aliphatic rings. The molecule has 0 saturated heterocycles. The first kappa shape index (κ1) is 17.4. The van der Waals surface area contributed by atoms with E-state index in [0.717, 1.165) is 44.7 Å². The number of hydrogen-bond donors (Lipinski definition) is 1. The molecule has 3 rings (SSSR count). The van der Waals surface area contributed by atoms with Gasteiger partial charge in [0.25, 0.3) is 5.91 Å². The molecule has 3 aromatic rings. The molecular weight excluding hydrogens is 332 g/mol. The molecule has 0 aliphatic carbocycles. The Balaban J connectivity index is 1.81. The molecule has 25 heavy (non-hydrogen) atoms. The lowest BCUT2D eigenvalue weighted by molar-refractivity contribution is 0.0955. The van der Waals surface area contributed by atoms with Crippen molar-refractivity contribution in [1.29, 1.82) is 0 Å². The Kier molecular flexibility index (Phi) is 5.05. The highest BCUT2D eigenvalue weighted by atomic mass is 35.5. The normalized spacial score (nSPS) is 10.9. The predicted octanol–water partition coefficient (Wildman–Crippen LogP) is 4.79. The van der Waals surface area contributed by atoms with Gasteiger partial charge in [-0.25, -0.2) is 0 Å². The first-order valence-electron chi connectivity index (χ1n) is 8.35. The van der Waals surface area contributed by atoms with Gasteiger partial charge in [0.1, 0.15) is 0 Å². The molecule has 0 unspecified atom stereocenters. The molecule has 0 spiro atoms. The number of halogens is 1. The second-order valence-electron chi connectivity index (χ2n) is 6.42. The van der Waals surface area contributed by atoms with E-state index in [1.807, 2.05) is 57.2 Å². The van der Waals surface area contributed by atoms with Crippen LogP contribution in [0, 0.1) is 20.8 Å². The van der Waals surface area contributed by atoms with Gasteiger partial charge in [0, 0.05) is 22.6 Å². The Morgan fingerprint density at radius 2 is 1.80 bits per heavy atom. The third-order valence-electron chi connectivity index (χ3n) is 4.23. The van der Waals surface area contributed by atoms with E-state index in [1.54, 1.807) is 0 Å². The summed E-state index contributed by atoms with van der Waals surface area (Å²) in [5.41, 5.74) is 5.80. The molecule has 0 aliphatic heterocycles. The monoisotopic (exact) mass is 352 g/mol. The van der Waals surface area contributed by atoms with E-state index in [1.165, 1.54) is 0 Å². The summed E-state index contributed by atoms with van der Waals surface area (Å²) >= 11 is 5.90. The summed E-state index contributed by atoms with van der Waals surface area (Å²) in [6.45, 7) is 6.57. The number of aryl methyl sites for hydroxylation is 3. The summed E-state index contributed by atoms with van der Waals surface area (Å²) in [6.07, 6.45) is 0.767. The zero-order chi connectivity index (χ0) is 18.0. The lowest BCUT2D eigenvalue weighted by Gasteiger charge is -2.11. The van der Waals surface area contributed by atoms with Gasteiger partial charge in [0.2, 0.25) is 0 Å². The zero-order valence-corrected chi connectivity index (χ0v) is 15.4. The number of carbonyl (C=O) groups is 1. The van der Waals surface area contributed by atoms with Crippen molar-refractivity contribution in [3.63, 3.8) is 0 Å². The van der Waals surface area contributed by atoms with Gasteiger partial charge in [-0.2, -0.15) is 0 Å². The Bertz CT molecular complexity index is 933. The Hall–Kier alpha value is -2.39. The van der Waals surface area contributed by atoms with Gasteiger partial charge in [-0.3, -0.25) is 9.78 Å². The number of hydrogen-bond acceptors (Lipinski definition) is 2. The minimum atomic E-state index is -0.0607. The van der Waals surface area contributed by atoms with E-state index >= 15 is 0 Å². The highest BCUT2D eigenvalue weighted by Crippen LogP contribution is 2.23. The van der Waals surface area contributed by atoms with Crippen molar-refractivity contribution in [2.24, 2.45) is 0 Å². The number of aromatic nitrogens is 1. The third-order valence-corrected chi connectivity index (χ3v) is 4.49. The van der Waals surface area contributed by atoms with Crippen LogP contribution < -0.4 is 5.32 Å². The van der Waals surface area contributed by atoms with Crippen molar-refractivity contribution in [1.82, 2.24) is 10.3 Å². The summed E-state index contributed by atoms with van der Waals surface area (Å²) in [7, 11) is 0. The Morgan fingerprint density at radius 3 is 2.52 bits per heavy atom. The number of nitrogens with one attached hydrogen (secondary N) is 1. The van der Waals surface area contributed by atoms with Gasteiger partial charge in [-0.15, -0.1) is 0 Å². The average molecular weight is 353 g/mol. The molecule has 0 saturated carbocycles. The third kappa shape index (κ3) is 3.99. The summed E-state index contributed by atoms with van der Waals surface area (Å²) < 4.78 is 0. The largest absolute Gasteiger partial charge is 0.352 e. The Morgan fingerprint density at radius 1 is 1.08 bits per heavy atom. The molecule has 2 aromatic carbocycles. The van der Waals surface area contributed by atoms with Crippen LogP contribution >= 0.6 is 11.6 Å². The van der Waals surface area contributed by atoms with Gasteiger partial charge in [0.05, 0.1) is 11.1 Å². The van der Waals surface area contributed by atoms with E-state index in [9.17, 15) is 4.79 Å². The van der Waals surface area contributed by atoms with Crippen molar-refractivity contribution in [2.45, 2.75) is 27.2 Å². The van der Waals surface area contributed by atoms with Crippen LogP contribution in [0.4, 0.5) is 0 Å². The number of benzene rings is 2. The molecule has 4 heteroatoms. The summed E-state index contributed by atoms with van der Waals surface area (Å²) in [4.78, 5) is 17.3. The lowest BCUT2D eigenvalue weighted by Crippen LogP contribution is -2.26. The van der Waals surface area contributed by atoms with Crippen molar-refractivity contribution >= 4 is 28.4 Å². The second-order valence-corrected chi connectivity index (χ2v) is 6.86. The molecule has 0 atom stereocenters. The van der Waals surface area contributed by atoms with Crippen LogP contribution in [0.3, 0.4) is 0 Å². The molecule has 1 heterocycles. The van der Waals surface area contributed by atoms with Crippen molar-refractivity contribution in [2.75, 3.05) is 6.54 Å². The van der Waals surface area contributed by atoms with Gasteiger partial charge >= 0.3 is 0 Å². The standard InChI is InChI=1S/C21H21ClN2O/c1-13-10-14(2)20-18(11-13)19(12-15(3)24-20)21(25)23-9-8-16-4-6-17(22)7-5-16/h4-7,10-12H,8-9H2,1-3H3,(H,23,25). The Labute approximate surface area is 153 Å². The van der Waals surface area contributed by atoms with E-state index in [-0.39, 0.29) is 5.91 Å². The molecular formula is C21H21ClN2O. The van der Waals surface area contributed by atoms with E-state index in [4.69, 9.17) is 11.6 Å². The number of amides is 1. The fourth-order valence-electron chi connectivity index (χ4n) is 3.06. The average Bonchev–Trinajstić information content (AvgIpc) is 2.56. The van der Waals surface area contributed by atoms with Crippen LogP contribution in [0.2, 0.25) is 5.02 Å². The van der Waals surface area contributed by atoms with Gasteiger partial charge in [-0.1, -0.05) is 35.4 Å². The van der Waals surface area contributed by atoms with E-state index in [2.05, 4.69) is 16.4 Å². The van der Waals surface area contributed by atoms with Gasteiger partial charge < -0.3 is 5.32 Å². The van der Waals surface area contributed by atoms with Crippen LogP contribution in [0.1, 0.15) is 32.7 Å². The van der Waals surface area contributed by atoms with Gasteiger partial charge in [0.15, 0.2) is 0 Å². The highest BCUT2D eigenvalue weighted by Gasteiger charge is 2.13. The predicted molar refractivity (Wildman–Crippen MR) is 103 cm³/mol. The maximum atomic E-state index is 12.7. The number of pyridine rings is 1. The molecule has 1 amide bonds. The number of fused-ring (bicyclic) bond motifs is 1. The maximum Gasteiger partial charge on any atom is 0.252 e. The highest BCUT2D eigenvalue weighted by molar-refractivity contribution is 6.30. The summed E-state index contributed by atoms with van der Waals surface area (Å²) in [5, 5.41) is 4.65. The molecule has 3 nitrogen and oxygen atoms in total. The number of nitrogens with zero attached hydrogens (tertiary/aromatic N) is 1. The lowest BCUT2D eigenvalue weighted by atomic mass is 10.0. The number of carbonyl (C=O) groups excluding carboxylic acids is 1. The molecule has 0 bridgehead atoms. The zero-order valence-electron chi connectivity index (χ0n) is 14.7. The smallest absolute Gasteiger partial charge is 0.252 e. The molecule has 1 aromatic heterocycles. The van der Waals surface area contributed by atoms with Crippen LogP contribution in [0.25, 0.3) is 10.9 Å². The second kappa shape index (κ2) is 7.24. The first-order valence-corrected chi connectivity index (χ1v) is 8.73. The van der Waals surface area contributed by atoms with Crippen LogP contribution in [-0.2, 0) is 6.42 Å². The minimum Gasteiger partial charge on any atom is -0.352 e. The molecule has 0 fully saturated rings. The molecule has 0 radical (unpaired) electrons. The summed E-state index contributed by atoms with van der Waals surface area (Å²) in [5.74, 6) is -0.0607. The minimum absolute atomic E-state index is 0.0607. The number of rotatable bonds is 4. The van der Waals surface area contributed by atoms with Crippen LogP contribution in [0.5, 0.6) is 0 Å².